The maximum Gasteiger partial charge on any atom is 0.305 e. The molecule has 0 aromatic carbocycles. The Labute approximate surface area is 122 Å². The number of ether oxygens (including phenoxy) is 3. The SMILES string of the molecule is CCCCCC1C(CC(=O)OC)CCC12OCC(C)O2. The molecule has 1 heterocycles. The average molecular weight is 284 g/mol. The minimum absolute atomic E-state index is 0.112. The van der Waals surface area contributed by atoms with Gasteiger partial charge in [-0.3, -0.25) is 4.79 Å². The van der Waals surface area contributed by atoms with Crippen LogP contribution in [0.3, 0.4) is 0 Å². The second-order valence-corrected chi connectivity index (χ2v) is 6.23. The number of hydrogen-bond donors (Lipinski definition) is 0. The van der Waals surface area contributed by atoms with Crippen LogP contribution in [0.5, 0.6) is 0 Å². The molecular weight excluding hydrogens is 256 g/mol. The second kappa shape index (κ2) is 6.90. The van der Waals surface area contributed by atoms with Gasteiger partial charge in [0.25, 0.3) is 0 Å². The van der Waals surface area contributed by atoms with Crippen molar-refractivity contribution in [3.63, 3.8) is 0 Å². The first-order valence-corrected chi connectivity index (χ1v) is 8.00. The van der Waals surface area contributed by atoms with Gasteiger partial charge in [0.15, 0.2) is 5.79 Å². The number of esters is 1. The Hall–Kier alpha value is -0.610. The van der Waals surface area contributed by atoms with Crippen molar-refractivity contribution in [2.45, 2.75) is 70.7 Å². The van der Waals surface area contributed by atoms with Gasteiger partial charge in [-0.1, -0.05) is 26.2 Å². The van der Waals surface area contributed by atoms with E-state index in [9.17, 15) is 4.79 Å². The van der Waals surface area contributed by atoms with Crippen LogP contribution in [0, 0.1) is 11.8 Å². The second-order valence-electron chi connectivity index (χ2n) is 6.23. The molecular formula is C16H28O4. The largest absolute Gasteiger partial charge is 0.469 e. The molecule has 1 saturated heterocycles. The Balaban J connectivity index is 2.03. The minimum atomic E-state index is -0.425. The fraction of sp³-hybridized carbons (Fsp3) is 0.938. The van der Waals surface area contributed by atoms with Gasteiger partial charge in [0.1, 0.15) is 0 Å². The van der Waals surface area contributed by atoms with Crippen LogP contribution in [0.2, 0.25) is 0 Å². The summed E-state index contributed by atoms with van der Waals surface area (Å²) in [5.41, 5.74) is 0. The molecule has 1 spiro atoms. The van der Waals surface area contributed by atoms with Crippen molar-refractivity contribution in [3.8, 4) is 0 Å². The topological polar surface area (TPSA) is 44.8 Å². The fourth-order valence-electron chi connectivity index (χ4n) is 3.74. The molecule has 0 amide bonds. The molecule has 2 rings (SSSR count). The number of unbranched alkanes of at least 4 members (excludes halogenated alkanes) is 2. The van der Waals surface area contributed by atoms with Gasteiger partial charge >= 0.3 is 5.97 Å². The molecule has 0 N–H and O–H groups in total. The number of rotatable bonds is 6. The molecule has 2 fully saturated rings. The summed E-state index contributed by atoms with van der Waals surface area (Å²) in [6.45, 7) is 4.95. The minimum Gasteiger partial charge on any atom is -0.469 e. The summed E-state index contributed by atoms with van der Waals surface area (Å²) in [5.74, 6) is 0.132. The van der Waals surface area contributed by atoms with Crippen LogP contribution >= 0.6 is 0 Å². The Morgan fingerprint density at radius 2 is 2.20 bits per heavy atom. The maximum atomic E-state index is 11.6. The summed E-state index contributed by atoms with van der Waals surface area (Å²) in [4.78, 5) is 11.6. The van der Waals surface area contributed by atoms with Crippen LogP contribution in [0.25, 0.3) is 0 Å². The molecule has 4 nitrogen and oxygen atoms in total. The molecule has 0 radical (unpaired) electrons. The molecule has 20 heavy (non-hydrogen) atoms. The van der Waals surface area contributed by atoms with E-state index >= 15 is 0 Å². The Bertz CT molecular complexity index is 330. The normalized spacial score (nSPS) is 36.6. The molecule has 0 aromatic rings. The Kier molecular flexibility index (Phi) is 5.44. The molecule has 1 aliphatic carbocycles. The van der Waals surface area contributed by atoms with Crippen LogP contribution in [0.15, 0.2) is 0 Å². The fourth-order valence-corrected chi connectivity index (χ4v) is 3.74. The third-order valence-corrected chi connectivity index (χ3v) is 4.74. The van der Waals surface area contributed by atoms with E-state index in [0.29, 0.717) is 24.9 Å². The van der Waals surface area contributed by atoms with Crippen LogP contribution in [-0.2, 0) is 19.0 Å². The smallest absolute Gasteiger partial charge is 0.305 e. The first kappa shape index (κ1) is 15.8. The first-order chi connectivity index (χ1) is 9.61. The lowest BCUT2D eigenvalue weighted by Crippen LogP contribution is -2.37. The number of carbonyl (C=O) groups is 1. The van der Waals surface area contributed by atoms with Crippen molar-refractivity contribution in [1.82, 2.24) is 0 Å². The lowest BCUT2D eigenvalue weighted by atomic mass is 9.85. The van der Waals surface area contributed by atoms with E-state index in [2.05, 4.69) is 13.8 Å². The molecule has 116 valence electrons. The highest BCUT2D eigenvalue weighted by atomic mass is 16.7. The van der Waals surface area contributed by atoms with Crippen LogP contribution in [0.1, 0.15) is 58.8 Å². The summed E-state index contributed by atoms with van der Waals surface area (Å²) in [7, 11) is 1.46. The van der Waals surface area contributed by atoms with Gasteiger partial charge in [-0.25, -0.2) is 0 Å². The summed E-state index contributed by atoms with van der Waals surface area (Å²) < 4.78 is 17.0. The van der Waals surface area contributed by atoms with Gasteiger partial charge in [-0.05, 0) is 25.7 Å². The lowest BCUT2D eigenvalue weighted by Gasteiger charge is -2.32. The first-order valence-electron chi connectivity index (χ1n) is 8.00. The molecule has 0 bridgehead atoms. The third kappa shape index (κ3) is 3.34. The summed E-state index contributed by atoms with van der Waals surface area (Å²) in [6.07, 6.45) is 7.28. The van der Waals surface area contributed by atoms with E-state index in [-0.39, 0.29) is 12.1 Å². The standard InChI is InChI=1S/C16H28O4/c1-4-5-6-7-14-13(10-15(17)18-3)8-9-16(14)19-11-12(2)20-16/h12-14H,4-11H2,1-3H3. The molecule has 0 aromatic heterocycles. The van der Waals surface area contributed by atoms with Crippen molar-refractivity contribution >= 4 is 5.97 Å². The van der Waals surface area contributed by atoms with Crippen molar-refractivity contribution in [2.24, 2.45) is 11.8 Å². The van der Waals surface area contributed by atoms with E-state index in [1.807, 2.05) is 0 Å². The lowest BCUT2D eigenvalue weighted by molar-refractivity contribution is -0.196. The van der Waals surface area contributed by atoms with Gasteiger partial charge in [0, 0.05) is 18.8 Å². The van der Waals surface area contributed by atoms with Crippen LogP contribution in [0.4, 0.5) is 0 Å². The quantitative estimate of drug-likeness (QED) is 0.554. The van der Waals surface area contributed by atoms with Gasteiger partial charge in [-0.2, -0.15) is 0 Å². The van der Waals surface area contributed by atoms with Crippen molar-refractivity contribution in [3.05, 3.63) is 0 Å². The summed E-state index contributed by atoms with van der Waals surface area (Å²) in [6, 6.07) is 0. The van der Waals surface area contributed by atoms with Gasteiger partial charge < -0.3 is 14.2 Å². The van der Waals surface area contributed by atoms with Crippen LogP contribution < -0.4 is 0 Å². The zero-order valence-electron chi connectivity index (χ0n) is 13.0. The highest BCUT2D eigenvalue weighted by Gasteiger charge is 2.54. The van der Waals surface area contributed by atoms with Crippen molar-refractivity contribution < 1.29 is 19.0 Å². The van der Waals surface area contributed by atoms with Gasteiger partial charge in [0.05, 0.1) is 19.8 Å². The highest BCUT2D eigenvalue weighted by molar-refractivity contribution is 5.69. The van der Waals surface area contributed by atoms with E-state index in [1.165, 1.54) is 26.4 Å². The Morgan fingerprint density at radius 1 is 1.40 bits per heavy atom. The zero-order chi connectivity index (χ0) is 14.6. The van der Waals surface area contributed by atoms with E-state index in [1.54, 1.807) is 0 Å². The summed E-state index contributed by atoms with van der Waals surface area (Å²) in [5, 5.41) is 0. The molecule has 4 heteroatoms. The molecule has 1 aliphatic heterocycles. The third-order valence-electron chi connectivity index (χ3n) is 4.74. The number of hydrogen-bond acceptors (Lipinski definition) is 4. The van der Waals surface area contributed by atoms with Crippen molar-refractivity contribution in [1.29, 1.82) is 0 Å². The van der Waals surface area contributed by atoms with Gasteiger partial charge in [-0.15, -0.1) is 0 Å². The Morgan fingerprint density at radius 3 is 2.80 bits per heavy atom. The predicted molar refractivity (Wildman–Crippen MR) is 76.2 cm³/mol. The van der Waals surface area contributed by atoms with E-state index in [0.717, 1.165) is 19.3 Å². The highest BCUT2D eigenvalue weighted by Crippen LogP contribution is 2.50. The summed E-state index contributed by atoms with van der Waals surface area (Å²) >= 11 is 0. The molecule has 2 aliphatic rings. The average Bonchev–Trinajstić information content (AvgIpc) is 2.96. The number of carbonyl (C=O) groups excluding carboxylic acids is 1. The molecule has 4 atom stereocenters. The number of methoxy groups -OCH3 is 1. The molecule has 1 saturated carbocycles. The molecule has 4 unspecified atom stereocenters. The zero-order valence-corrected chi connectivity index (χ0v) is 13.0. The predicted octanol–water partition coefficient (Wildman–Crippen LogP) is 3.29. The van der Waals surface area contributed by atoms with Crippen molar-refractivity contribution in [2.75, 3.05) is 13.7 Å². The van der Waals surface area contributed by atoms with E-state index < -0.39 is 5.79 Å². The van der Waals surface area contributed by atoms with E-state index in [4.69, 9.17) is 14.2 Å². The van der Waals surface area contributed by atoms with Crippen LogP contribution in [-0.4, -0.2) is 31.6 Å². The maximum absolute atomic E-state index is 11.6. The van der Waals surface area contributed by atoms with Gasteiger partial charge in [0.2, 0.25) is 0 Å². The monoisotopic (exact) mass is 284 g/mol.